The number of furan rings is 1. The minimum absolute atomic E-state index is 0.0136. The monoisotopic (exact) mass is 670 g/mol. The fourth-order valence-corrected chi connectivity index (χ4v) is 5.31. The molecule has 0 spiro atoms. The number of benzene rings is 3. The van der Waals surface area contributed by atoms with Gasteiger partial charge in [-0.15, -0.1) is 0 Å². The van der Waals surface area contributed by atoms with Crippen molar-refractivity contribution in [2.75, 3.05) is 7.11 Å². The number of hydrogen-bond acceptors (Lipinski definition) is 9. The molecule has 3 aromatic carbocycles. The highest BCUT2D eigenvalue weighted by Gasteiger charge is 2.27. The number of carboxylic acid groups (broad SMARTS) is 1. The van der Waals surface area contributed by atoms with E-state index in [9.17, 15) is 14.3 Å². The van der Waals surface area contributed by atoms with Gasteiger partial charge < -0.3 is 23.7 Å². The Bertz CT molecular complexity index is 1980. The Morgan fingerprint density at radius 1 is 0.978 bits per heavy atom. The molecule has 0 saturated carbocycles. The zero-order chi connectivity index (χ0) is 31.3. The number of aromatic nitrogens is 4. The molecule has 226 valence electrons. The lowest BCUT2D eigenvalue weighted by Crippen LogP contribution is -2.30. The molecular formula is C33H24BrFN4O6. The number of fused-ring (bicyclic) bond motifs is 1. The van der Waals surface area contributed by atoms with Crippen LogP contribution in [0.1, 0.15) is 11.3 Å². The molecule has 1 N–H and O–H groups in total. The Balaban J connectivity index is 1.22. The Morgan fingerprint density at radius 3 is 2.51 bits per heavy atom. The summed E-state index contributed by atoms with van der Waals surface area (Å²) in [5.74, 6) is 0.408. The maximum atomic E-state index is 13.5. The van der Waals surface area contributed by atoms with E-state index < -0.39 is 17.9 Å². The fraction of sp³-hybridized carbons (Fsp3) is 0.121. The third-order valence-electron chi connectivity index (χ3n) is 6.85. The molecule has 3 heterocycles. The fourth-order valence-electron chi connectivity index (χ4n) is 4.67. The summed E-state index contributed by atoms with van der Waals surface area (Å²) >= 11 is 3.50. The summed E-state index contributed by atoms with van der Waals surface area (Å²) in [6.45, 7) is 0.112. The molecule has 0 aliphatic rings. The van der Waals surface area contributed by atoms with E-state index in [0.29, 0.717) is 49.8 Å². The maximum absolute atomic E-state index is 13.5. The Morgan fingerprint density at radius 2 is 1.73 bits per heavy atom. The van der Waals surface area contributed by atoms with Crippen LogP contribution < -0.4 is 14.2 Å². The summed E-state index contributed by atoms with van der Waals surface area (Å²) < 4.78 is 37.3. The van der Waals surface area contributed by atoms with Crippen molar-refractivity contribution < 1.29 is 32.9 Å². The quantitative estimate of drug-likeness (QED) is 0.155. The molecule has 0 amide bonds. The predicted octanol–water partition coefficient (Wildman–Crippen LogP) is 6.91. The van der Waals surface area contributed by atoms with E-state index in [1.807, 2.05) is 24.3 Å². The number of rotatable bonds is 11. The summed E-state index contributed by atoms with van der Waals surface area (Å²) in [6, 6.07) is 22.0. The van der Waals surface area contributed by atoms with Gasteiger partial charge in [-0.2, -0.15) is 0 Å². The maximum Gasteiger partial charge on any atom is 0.345 e. The first kappa shape index (κ1) is 29.7. The van der Waals surface area contributed by atoms with E-state index >= 15 is 0 Å². The molecule has 0 saturated heterocycles. The molecule has 3 aromatic heterocycles. The lowest BCUT2D eigenvalue weighted by molar-refractivity contribution is -0.145. The van der Waals surface area contributed by atoms with Gasteiger partial charge >= 0.3 is 5.97 Å². The predicted molar refractivity (Wildman–Crippen MR) is 165 cm³/mol. The number of carboxylic acids is 1. The molecule has 6 rings (SSSR count). The topological polar surface area (TPSA) is 130 Å². The molecule has 0 aliphatic carbocycles. The van der Waals surface area contributed by atoms with Gasteiger partial charge in [0.2, 0.25) is 17.7 Å². The van der Waals surface area contributed by atoms with E-state index in [0.717, 1.165) is 5.56 Å². The number of carbonyl (C=O) groups is 1. The number of hydrogen-bond donors (Lipinski definition) is 1. The Hall–Kier alpha value is -5.36. The van der Waals surface area contributed by atoms with Crippen molar-refractivity contribution in [2.45, 2.75) is 19.1 Å². The van der Waals surface area contributed by atoms with E-state index in [4.69, 9.17) is 18.6 Å². The average molecular weight is 671 g/mol. The molecule has 6 aromatic rings. The van der Waals surface area contributed by atoms with Crippen LogP contribution in [0.4, 0.5) is 4.39 Å². The van der Waals surface area contributed by atoms with Crippen molar-refractivity contribution in [1.82, 2.24) is 19.9 Å². The van der Waals surface area contributed by atoms with Gasteiger partial charge in [-0.25, -0.2) is 29.1 Å². The van der Waals surface area contributed by atoms with Crippen molar-refractivity contribution in [3.63, 3.8) is 0 Å². The van der Waals surface area contributed by atoms with Crippen LogP contribution in [0.15, 0.2) is 100 Å². The van der Waals surface area contributed by atoms with Gasteiger partial charge in [0.05, 0.1) is 22.8 Å². The van der Waals surface area contributed by atoms with Crippen LogP contribution in [0.2, 0.25) is 0 Å². The summed E-state index contributed by atoms with van der Waals surface area (Å²) in [5, 5.41) is 10.5. The van der Waals surface area contributed by atoms with Crippen LogP contribution >= 0.6 is 15.9 Å². The van der Waals surface area contributed by atoms with Crippen LogP contribution in [-0.2, 0) is 17.8 Å². The lowest BCUT2D eigenvalue weighted by atomic mass is 10.1. The number of halogens is 2. The van der Waals surface area contributed by atoms with Crippen molar-refractivity contribution in [1.29, 1.82) is 0 Å². The normalized spacial score (nSPS) is 11.7. The third kappa shape index (κ3) is 6.46. The standard InChI is InChI=1S/C33H24BrFN4O6/c1-42-25-9-5-3-7-23(25)30-36-15-14-22(39-30)17-43-24-8-4-2-6-20(24)16-26(33(40)41)44-31-27-28(34)29(45-32(27)38-18-37-31)19-10-12-21(35)13-11-19/h2-15,18,26H,16-17H2,1H3,(H,40,41). The number of ether oxygens (including phenoxy) is 3. The second-order valence-electron chi connectivity index (χ2n) is 9.73. The number of nitrogens with zero attached hydrogens (tertiary/aromatic N) is 4. The van der Waals surface area contributed by atoms with Crippen molar-refractivity contribution in [3.05, 3.63) is 113 Å². The number of aliphatic carboxylic acids is 1. The first-order valence-electron chi connectivity index (χ1n) is 13.7. The van der Waals surface area contributed by atoms with Gasteiger partial charge in [0, 0.05) is 18.2 Å². The largest absolute Gasteiger partial charge is 0.496 e. The van der Waals surface area contributed by atoms with Crippen molar-refractivity contribution in [2.24, 2.45) is 0 Å². The highest BCUT2D eigenvalue weighted by molar-refractivity contribution is 9.10. The molecule has 10 nitrogen and oxygen atoms in total. The molecule has 0 fully saturated rings. The second kappa shape index (κ2) is 13.1. The van der Waals surface area contributed by atoms with Gasteiger partial charge in [0.15, 0.2) is 11.6 Å². The molecule has 0 radical (unpaired) electrons. The number of para-hydroxylation sites is 2. The molecule has 12 heteroatoms. The molecule has 0 aliphatic heterocycles. The van der Waals surface area contributed by atoms with E-state index in [-0.39, 0.29) is 24.6 Å². The lowest BCUT2D eigenvalue weighted by Gasteiger charge is -2.17. The van der Waals surface area contributed by atoms with Crippen LogP contribution in [0.25, 0.3) is 33.8 Å². The summed E-state index contributed by atoms with van der Waals surface area (Å²) in [6.07, 6.45) is 1.50. The summed E-state index contributed by atoms with van der Waals surface area (Å²) in [5.41, 5.74) is 2.74. The van der Waals surface area contributed by atoms with Crippen LogP contribution in [-0.4, -0.2) is 44.2 Å². The van der Waals surface area contributed by atoms with Gasteiger partial charge in [0.25, 0.3) is 0 Å². The average Bonchev–Trinajstić information content (AvgIpc) is 3.41. The minimum Gasteiger partial charge on any atom is -0.496 e. The number of methoxy groups -OCH3 is 1. The zero-order valence-electron chi connectivity index (χ0n) is 23.7. The van der Waals surface area contributed by atoms with Crippen LogP contribution in [0.3, 0.4) is 0 Å². The molecular weight excluding hydrogens is 647 g/mol. The van der Waals surface area contributed by atoms with E-state index in [1.54, 1.807) is 55.8 Å². The molecule has 45 heavy (non-hydrogen) atoms. The van der Waals surface area contributed by atoms with E-state index in [2.05, 4.69) is 35.9 Å². The van der Waals surface area contributed by atoms with Crippen LogP contribution in [0, 0.1) is 5.82 Å². The molecule has 1 unspecified atom stereocenters. The smallest absolute Gasteiger partial charge is 0.345 e. The van der Waals surface area contributed by atoms with Gasteiger partial charge in [0.1, 0.15) is 35.6 Å². The molecule has 0 bridgehead atoms. The first-order valence-corrected chi connectivity index (χ1v) is 14.4. The van der Waals surface area contributed by atoms with Crippen molar-refractivity contribution in [3.8, 4) is 40.1 Å². The summed E-state index contributed by atoms with van der Waals surface area (Å²) in [7, 11) is 1.59. The van der Waals surface area contributed by atoms with Gasteiger partial charge in [-0.3, -0.25) is 0 Å². The summed E-state index contributed by atoms with van der Waals surface area (Å²) in [4.78, 5) is 29.8. The van der Waals surface area contributed by atoms with Crippen molar-refractivity contribution >= 4 is 33.0 Å². The highest BCUT2D eigenvalue weighted by Crippen LogP contribution is 2.41. The second-order valence-corrected chi connectivity index (χ2v) is 10.5. The highest BCUT2D eigenvalue weighted by atomic mass is 79.9. The molecule has 1 atom stereocenters. The van der Waals surface area contributed by atoms with Crippen LogP contribution in [0.5, 0.6) is 17.4 Å². The third-order valence-corrected chi connectivity index (χ3v) is 7.60. The minimum atomic E-state index is -1.33. The Kier molecular flexibility index (Phi) is 8.65. The van der Waals surface area contributed by atoms with Gasteiger partial charge in [-0.05, 0) is 70.0 Å². The Labute approximate surface area is 264 Å². The SMILES string of the molecule is COc1ccccc1-c1nccc(COc2ccccc2CC(Oc2ncnc3oc(-c4ccc(F)cc4)c(Br)c23)C(=O)O)n1. The first-order chi connectivity index (χ1) is 21.9. The zero-order valence-corrected chi connectivity index (χ0v) is 25.3. The van der Waals surface area contributed by atoms with Gasteiger partial charge in [-0.1, -0.05) is 30.3 Å². The van der Waals surface area contributed by atoms with E-state index in [1.165, 1.54) is 18.5 Å².